The van der Waals surface area contributed by atoms with Gasteiger partial charge in [0, 0.05) is 70.0 Å². The van der Waals surface area contributed by atoms with E-state index in [4.69, 9.17) is 0 Å². The quantitative estimate of drug-likeness (QED) is 0.609. The molecule has 0 bridgehead atoms. The number of piperidine rings is 1. The zero-order chi connectivity index (χ0) is 24.2. The van der Waals surface area contributed by atoms with Crippen LogP contribution >= 0.6 is 0 Å². The van der Waals surface area contributed by atoms with Crippen molar-refractivity contribution in [2.45, 2.75) is 51.4 Å². The molecule has 1 aromatic carbocycles. The van der Waals surface area contributed by atoms with Crippen LogP contribution in [-0.2, 0) is 17.9 Å². The molecule has 186 valence electrons. The lowest BCUT2D eigenvalue weighted by molar-refractivity contribution is -0.129. The van der Waals surface area contributed by atoms with Crippen molar-refractivity contribution in [2.75, 3.05) is 44.6 Å². The van der Waals surface area contributed by atoms with Crippen molar-refractivity contribution in [3.63, 3.8) is 0 Å². The Morgan fingerprint density at radius 1 is 1.06 bits per heavy atom. The van der Waals surface area contributed by atoms with E-state index in [0.29, 0.717) is 24.0 Å². The lowest BCUT2D eigenvalue weighted by atomic mass is 10.0. The third-order valence-corrected chi connectivity index (χ3v) is 7.59. The number of benzene rings is 1. The smallest absolute Gasteiger partial charge is 0.251 e. The van der Waals surface area contributed by atoms with Crippen molar-refractivity contribution in [1.29, 1.82) is 0 Å². The number of rotatable bonds is 8. The summed E-state index contributed by atoms with van der Waals surface area (Å²) < 4.78 is 0. The van der Waals surface area contributed by atoms with E-state index in [2.05, 4.69) is 49.7 Å². The SMILES string of the molecule is CC(=O)N1CCC(Nc2cc(C(=O)NC[C@@H](CN3Cc4ccccc4C3)N3CCC3)ccn2)CC1. The molecule has 0 spiro atoms. The monoisotopic (exact) mass is 476 g/mol. The predicted octanol–water partition coefficient (Wildman–Crippen LogP) is 2.32. The van der Waals surface area contributed by atoms with Gasteiger partial charge < -0.3 is 15.5 Å². The highest BCUT2D eigenvalue weighted by molar-refractivity contribution is 5.94. The number of carbonyl (C=O) groups is 2. The highest BCUT2D eigenvalue weighted by Crippen LogP contribution is 2.24. The summed E-state index contributed by atoms with van der Waals surface area (Å²) in [5.74, 6) is 0.788. The molecule has 3 aliphatic rings. The first-order chi connectivity index (χ1) is 17.0. The van der Waals surface area contributed by atoms with Gasteiger partial charge in [0.2, 0.25) is 5.91 Å². The second kappa shape index (κ2) is 10.7. The van der Waals surface area contributed by atoms with Gasteiger partial charge in [0.1, 0.15) is 5.82 Å². The fourth-order valence-corrected chi connectivity index (χ4v) is 5.36. The first-order valence-corrected chi connectivity index (χ1v) is 12.8. The number of pyridine rings is 1. The van der Waals surface area contributed by atoms with Crippen LogP contribution in [0.25, 0.3) is 0 Å². The van der Waals surface area contributed by atoms with E-state index in [9.17, 15) is 9.59 Å². The zero-order valence-electron chi connectivity index (χ0n) is 20.6. The summed E-state index contributed by atoms with van der Waals surface area (Å²) in [7, 11) is 0. The van der Waals surface area contributed by atoms with Crippen LogP contribution in [0, 0.1) is 0 Å². The van der Waals surface area contributed by atoms with E-state index in [1.165, 1.54) is 17.5 Å². The van der Waals surface area contributed by atoms with Crippen molar-refractivity contribution in [1.82, 2.24) is 25.0 Å². The number of nitrogens with zero attached hydrogens (tertiary/aromatic N) is 4. The van der Waals surface area contributed by atoms with Crippen LogP contribution in [0.1, 0.15) is 47.7 Å². The van der Waals surface area contributed by atoms with Gasteiger partial charge in [0.25, 0.3) is 5.91 Å². The standard InChI is InChI=1S/C27H36N6O2/c1-20(34)32-13-8-24(9-14-32)30-26-15-21(7-10-28-26)27(35)29-16-25(33-11-4-12-33)19-31-17-22-5-2-3-6-23(22)18-31/h2-3,5-7,10,15,24-25H,4,8-9,11-14,16-19H2,1H3,(H,28,30)(H,29,35)/t25-/m0/s1. The van der Waals surface area contributed by atoms with Crippen molar-refractivity contribution in [3.05, 3.63) is 59.3 Å². The molecule has 2 amide bonds. The lowest BCUT2D eigenvalue weighted by Gasteiger charge is -2.40. The van der Waals surface area contributed by atoms with Crippen LogP contribution in [0.15, 0.2) is 42.6 Å². The minimum Gasteiger partial charge on any atom is -0.367 e. The number of nitrogens with one attached hydrogen (secondary N) is 2. The molecule has 1 aromatic heterocycles. The molecule has 3 aliphatic heterocycles. The van der Waals surface area contributed by atoms with E-state index < -0.39 is 0 Å². The molecular weight excluding hydrogens is 440 g/mol. The van der Waals surface area contributed by atoms with Gasteiger partial charge in [-0.25, -0.2) is 4.98 Å². The Bertz CT molecular complexity index is 1020. The third-order valence-electron chi connectivity index (χ3n) is 7.59. The molecule has 5 rings (SSSR count). The van der Waals surface area contributed by atoms with Crippen LogP contribution in [-0.4, -0.2) is 82.9 Å². The summed E-state index contributed by atoms with van der Waals surface area (Å²) in [5, 5.41) is 6.64. The second-order valence-electron chi connectivity index (χ2n) is 10.0. The number of hydrogen-bond donors (Lipinski definition) is 2. The lowest BCUT2D eigenvalue weighted by Crippen LogP contribution is -2.54. The molecule has 0 unspecified atom stereocenters. The number of aromatic nitrogens is 1. The van der Waals surface area contributed by atoms with Gasteiger partial charge in [-0.15, -0.1) is 0 Å². The van der Waals surface area contributed by atoms with E-state index in [1.54, 1.807) is 19.2 Å². The van der Waals surface area contributed by atoms with Crippen LogP contribution in [0.3, 0.4) is 0 Å². The summed E-state index contributed by atoms with van der Waals surface area (Å²) in [6.45, 7) is 8.91. The van der Waals surface area contributed by atoms with Crippen molar-refractivity contribution in [3.8, 4) is 0 Å². The van der Waals surface area contributed by atoms with Crippen molar-refractivity contribution < 1.29 is 9.59 Å². The van der Waals surface area contributed by atoms with Gasteiger partial charge in [-0.2, -0.15) is 0 Å². The third kappa shape index (κ3) is 5.82. The number of anilines is 1. The maximum atomic E-state index is 13.0. The average Bonchev–Trinajstić information content (AvgIpc) is 3.24. The first-order valence-electron chi connectivity index (χ1n) is 12.8. The van der Waals surface area contributed by atoms with Gasteiger partial charge in [0.15, 0.2) is 0 Å². The number of fused-ring (bicyclic) bond motifs is 1. The molecule has 0 saturated carbocycles. The largest absolute Gasteiger partial charge is 0.367 e. The molecule has 4 heterocycles. The fraction of sp³-hybridized carbons (Fsp3) is 0.519. The Morgan fingerprint density at radius 2 is 1.77 bits per heavy atom. The van der Waals surface area contributed by atoms with Crippen molar-refractivity contribution >= 4 is 17.6 Å². The Labute approximate surface area is 207 Å². The summed E-state index contributed by atoms with van der Waals surface area (Å²) >= 11 is 0. The van der Waals surface area contributed by atoms with E-state index in [0.717, 1.165) is 58.7 Å². The molecule has 2 N–H and O–H groups in total. The Hall–Kier alpha value is -2.97. The molecule has 35 heavy (non-hydrogen) atoms. The summed E-state index contributed by atoms with van der Waals surface area (Å²) in [6.07, 6.45) is 4.69. The number of amides is 2. The number of hydrogen-bond acceptors (Lipinski definition) is 6. The van der Waals surface area contributed by atoms with Gasteiger partial charge in [0.05, 0.1) is 0 Å². The molecule has 8 heteroatoms. The molecule has 8 nitrogen and oxygen atoms in total. The number of likely N-dealkylation sites (tertiary alicyclic amines) is 2. The Kier molecular flexibility index (Phi) is 7.29. The summed E-state index contributed by atoms with van der Waals surface area (Å²) in [6, 6.07) is 12.8. The van der Waals surface area contributed by atoms with Crippen LogP contribution < -0.4 is 10.6 Å². The summed E-state index contributed by atoms with van der Waals surface area (Å²) in [4.78, 5) is 35.8. The zero-order valence-corrected chi connectivity index (χ0v) is 20.6. The molecule has 1 atom stereocenters. The molecule has 2 fully saturated rings. The minimum atomic E-state index is -0.0583. The molecule has 2 aromatic rings. The average molecular weight is 477 g/mol. The van der Waals surface area contributed by atoms with Crippen LogP contribution in [0.5, 0.6) is 0 Å². The minimum absolute atomic E-state index is 0.0583. The molecular formula is C27H36N6O2. The maximum Gasteiger partial charge on any atom is 0.251 e. The maximum absolute atomic E-state index is 13.0. The molecule has 0 aliphatic carbocycles. The number of carbonyl (C=O) groups excluding carboxylic acids is 2. The van der Waals surface area contributed by atoms with Crippen LogP contribution in [0.2, 0.25) is 0 Å². The highest BCUT2D eigenvalue weighted by Gasteiger charge is 2.29. The first kappa shape index (κ1) is 23.8. The van der Waals surface area contributed by atoms with E-state index in [-0.39, 0.29) is 17.9 Å². The van der Waals surface area contributed by atoms with E-state index >= 15 is 0 Å². The second-order valence-corrected chi connectivity index (χ2v) is 10.0. The predicted molar refractivity (Wildman–Crippen MR) is 136 cm³/mol. The topological polar surface area (TPSA) is 80.8 Å². The normalized spacial score (nSPS) is 19.6. The van der Waals surface area contributed by atoms with Gasteiger partial charge in [-0.3, -0.25) is 19.4 Å². The molecule has 0 radical (unpaired) electrons. The van der Waals surface area contributed by atoms with Gasteiger partial charge in [-0.05, 0) is 55.6 Å². The molecule has 2 saturated heterocycles. The fourth-order valence-electron chi connectivity index (χ4n) is 5.36. The van der Waals surface area contributed by atoms with Crippen LogP contribution in [0.4, 0.5) is 5.82 Å². The Morgan fingerprint density at radius 3 is 2.40 bits per heavy atom. The van der Waals surface area contributed by atoms with Gasteiger partial charge >= 0.3 is 0 Å². The van der Waals surface area contributed by atoms with E-state index in [1.807, 2.05) is 11.0 Å². The Balaban J connectivity index is 1.14. The van der Waals surface area contributed by atoms with Crippen molar-refractivity contribution in [2.24, 2.45) is 0 Å². The highest BCUT2D eigenvalue weighted by atomic mass is 16.2. The summed E-state index contributed by atoms with van der Waals surface area (Å²) in [5.41, 5.74) is 3.46. The van der Waals surface area contributed by atoms with Gasteiger partial charge in [-0.1, -0.05) is 24.3 Å².